The van der Waals surface area contributed by atoms with Crippen molar-refractivity contribution in [1.29, 1.82) is 0 Å². The molecule has 0 saturated heterocycles. The van der Waals surface area contributed by atoms with Crippen LogP contribution in [0.5, 0.6) is 17.2 Å². The second kappa shape index (κ2) is 8.25. The number of hydrogen-bond donors (Lipinski definition) is 1. The van der Waals surface area contributed by atoms with Gasteiger partial charge in [0.25, 0.3) is 0 Å². The number of halogens is 1. The molecule has 1 N–H and O–H groups in total. The van der Waals surface area contributed by atoms with Crippen molar-refractivity contribution in [3.05, 3.63) is 47.0 Å². The van der Waals surface area contributed by atoms with Crippen molar-refractivity contribution in [2.24, 2.45) is 0 Å². The number of nitrogens with one attached hydrogen (secondary N) is 1. The lowest BCUT2D eigenvalue weighted by Gasteiger charge is -2.13. The highest BCUT2D eigenvalue weighted by atomic mass is 35.5. The molecule has 4 rings (SSSR count). The molecule has 0 saturated carbocycles. The third kappa shape index (κ3) is 3.49. The van der Waals surface area contributed by atoms with Crippen molar-refractivity contribution >= 4 is 17.4 Å². The van der Waals surface area contributed by atoms with Crippen LogP contribution in [0.2, 0.25) is 5.02 Å². The van der Waals surface area contributed by atoms with E-state index in [2.05, 4.69) is 5.32 Å². The molecule has 29 heavy (non-hydrogen) atoms. The first-order valence-electron chi connectivity index (χ1n) is 9.59. The van der Waals surface area contributed by atoms with Gasteiger partial charge in [-0.1, -0.05) is 17.7 Å². The highest BCUT2D eigenvalue weighted by Crippen LogP contribution is 2.43. The lowest BCUT2D eigenvalue weighted by Crippen LogP contribution is -2.08. The molecule has 1 aliphatic rings. The minimum atomic E-state index is 0.620. The lowest BCUT2D eigenvalue weighted by molar-refractivity contribution is 0.397. The predicted molar refractivity (Wildman–Crippen MR) is 115 cm³/mol. The molecule has 6 nitrogen and oxygen atoms in total. The molecule has 0 radical (unpaired) electrons. The Balaban J connectivity index is 2.01. The number of ether oxygens (including phenoxy) is 3. The zero-order valence-corrected chi connectivity index (χ0v) is 17.5. The average Bonchev–Trinajstić information content (AvgIpc) is 2.92. The van der Waals surface area contributed by atoms with Crippen LogP contribution < -0.4 is 19.5 Å². The quantitative estimate of drug-likeness (QED) is 0.640. The molecule has 0 amide bonds. The van der Waals surface area contributed by atoms with Crippen molar-refractivity contribution in [2.45, 2.75) is 19.3 Å². The Morgan fingerprint density at radius 2 is 1.69 bits per heavy atom. The molecular formula is C22H24ClN3O3. The molecule has 0 unspecified atom stereocenters. The minimum Gasteiger partial charge on any atom is -0.496 e. The number of methoxy groups -OCH3 is 3. The van der Waals surface area contributed by atoms with E-state index < -0.39 is 0 Å². The third-order valence-corrected chi connectivity index (χ3v) is 5.40. The fraction of sp³-hybridized carbons (Fsp3) is 0.318. The number of anilines is 1. The molecule has 3 aromatic rings. The van der Waals surface area contributed by atoms with E-state index in [1.54, 1.807) is 21.3 Å². The maximum atomic E-state index is 6.30. The molecule has 2 heterocycles. The molecule has 2 aromatic carbocycles. The molecule has 0 atom stereocenters. The monoisotopic (exact) mass is 413 g/mol. The van der Waals surface area contributed by atoms with E-state index in [4.69, 9.17) is 30.9 Å². The summed E-state index contributed by atoms with van der Waals surface area (Å²) in [5.41, 5.74) is 3.60. The van der Waals surface area contributed by atoms with Gasteiger partial charge < -0.3 is 19.5 Å². The van der Waals surface area contributed by atoms with Gasteiger partial charge in [-0.3, -0.25) is 0 Å². The first-order chi connectivity index (χ1) is 14.2. The number of nitrogens with zero attached hydrogens (tertiary/aromatic N) is 2. The zero-order chi connectivity index (χ0) is 20.4. The van der Waals surface area contributed by atoms with E-state index in [0.29, 0.717) is 10.8 Å². The lowest BCUT2D eigenvalue weighted by atomic mass is 10.0. The predicted octanol–water partition coefficient (Wildman–Crippen LogP) is 4.97. The topological polar surface area (TPSA) is 57.5 Å². The Bertz CT molecular complexity index is 1010. The van der Waals surface area contributed by atoms with Crippen LogP contribution in [-0.2, 0) is 6.42 Å². The zero-order valence-electron chi connectivity index (χ0n) is 16.8. The van der Waals surface area contributed by atoms with Crippen LogP contribution in [0, 0.1) is 0 Å². The van der Waals surface area contributed by atoms with Crippen molar-refractivity contribution in [3.63, 3.8) is 0 Å². The fourth-order valence-corrected chi connectivity index (χ4v) is 3.96. The number of fused-ring (bicyclic) bond motifs is 1. The summed E-state index contributed by atoms with van der Waals surface area (Å²) in [5.74, 6) is 3.09. The molecule has 7 heteroatoms. The highest BCUT2D eigenvalue weighted by molar-refractivity contribution is 6.30. The van der Waals surface area contributed by atoms with Crippen LogP contribution in [0.25, 0.3) is 16.9 Å². The van der Waals surface area contributed by atoms with Crippen LogP contribution in [-0.4, -0.2) is 37.7 Å². The average molecular weight is 414 g/mol. The van der Waals surface area contributed by atoms with Gasteiger partial charge in [-0.05, 0) is 49.6 Å². The molecule has 0 spiro atoms. The van der Waals surface area contributed by atoms with E-state index in [1.165, 1.54) is 0 Å². The van der Waals surface area contributed by atoms with Gasteiger partial charge in [0.1, 0.15) is 34.4 Å². The van der Waals surface area contributed by atoms with Gasteiger partial charge in [-0.15, -0.1) is 0 Å². The van der Waals surface area contributed by atoms with E-state index in [-0.39, 0.29) is 0 Å². The van der Waals surface area contributed by atoms with Crippen molar-refractivity contribution in [2.75, 3.05) is 33.2 Å². The van der Waals surface area contributed by atoms with Crippen LogP contribution >= 0.6 is 11.6 Å². The summed E-state index contributed by atoms with van der Waals surface area (Å²) in [4.78, 5) is 0. The van der Waals surface area contributed by atoms with E-state index in [9.17, 15) is 0 Å². The first kappa shape index (κ1) is 19.5. The van der Waals surface area contributed by atoms with E-state index in [1.807, 2.05) is 41.1 Å². The second-order valence-electron chi connectivity index (χ2n) is 6.83. The number of aromatic nitrogens is 2. The van der Waals surface area contributed by atoms with Gasteiger partial charge in [0, 0.05) is 17.1 Å². The summed E-state index contributed by atoms with van der Waals surface area (Å²) in [5, 5.41) is 9.17. The van der Waals surface area contributed by atoms with Gasteiger partial charge in [-0.2, -0.15) is 5.10 Å². The summed E-state index contributed by atoms with van der Waals surface area (Å²) >= 11 is 6.30. The molecular weight excluding hydrogens is 390 g/mol. The maximum Gasteiger partial charge on any atom is 0.144 e. The fourth-order valence-electron chi connectivity index (χ4n) is 3.79. The molecule has 0 bridgehead atoms. The van der Waals surface area contributed by atoms with Gasteiger partial charge in [0.05, 0.1) is 26.9 Å². The number of benzene rings is 2. The first-order valence-corrected chi connectivity index (χ1v) is 9.96. The van der Waals surface area contributed by atoms with Crippen LogP contribution in [0.1, 0.15) is 18.4 Å². The molecule has 1 aromatic heterocycles. The van der Waals surface area contributed by atoms with Gasteiger partial charge in [0.15, 0.2) is 0 Å². The largest absolute Gasteiger partial charge is 0.496 e. The molecule has 0 aliphatic carbocycles. The third-order valence-electron chi connectivity index (χ3n) is 5.16. The molecule has 152 valence electrons. The summed E-state index contributed by atoms with van der Waals surface area (Å²) in [6, 6.07) is 11.3. The Hall–Kier alpha value is -2.86. The number of hydrogen-bond acceptors (Lipinski definition) is 5. The van der Waals surface area contributed by atoms with E-state index in [0.717, 1.165) is 65.6 Å². The Labute approximate surface area is 175 Å². The van der Waals surface area contributed by atoms with Crippen LogP contribution in [0.3, 0.4) is 0 Å². The summed E-state index contributed by atoms with van der Waals surface area (Å²) in [7, 11) is 4.96. The Kier molecular flexibility index (Phi) is 5.53. The summed E-state index contributed by atoms with van der Waals surface area (Å²) in [6.45, 7) is 0.879. The normalized spacial score (nSPS) is 13.2. The van der Waals surface area contributed by atoms with E-state index >= 15 is 0 Å². The minimum absolute atomic E-state index is 0.620. The van der Waals surface area contributed by atoms with Crippen molar-refractivity contribution in [3.8, 4) is 34.2 Å². The van der Waals surface area contributed by atoms with Crippen LogP contribution in [0.4, 0.5) is 5.82 Å². The smallest absolute Gasteiger partial charge is 0.144 e. The maximum absolute atomic E-state index is 6.30. The second-order valence-corrected chi connectivity index (χ2v) is 7.26. The highest BCUT2D eigenvalue weighted by Gasteiger charge is 2.27. The van der Waals surface area contributed by atoms with Crippen molar-refractivity contribution in [1.82, 2.24) is 9.78 Å². The van der Waals surface area contributed by atoms with Crippen LogP contribution in [0.15, 0.2) is 36.4 Å². The molecule has 0 fully saturated rings. The van der Waals surface area contributed by atoms with Gasteiger partial charge in [0.2, 0.25) is 0 Å². The van der Waals surface area contributed by atoms with Crippen molar-refractivity contribution < 1.29 is 14.2 Å². The van der Waals surface area contributed by atoms with Gasteiger partial charge >= 0.3 is 0 Å². The standard InChI is InChI=1S/C22H24ClN3O3/c1-27-17-11-10-14(23)13-16(17)26-22-15(7-4-5-12-24-22)21(25-26)20-18(28-2)8-6-9-19(20)29-3/h6,8-11,13,24H,4-5,7,12H2,1-3H3. The Morgan fingerprint density at radius 1 is 0.966 bits per heavy atom. The summed E-state index contributed by atoms with van der Waals surface area (Å²) < 4.78 is 18.8. The SMILES string of the molecule is COc1ccc(Cl)cc1-n1nc(-c2c(OC)cccc2OC)c2c1NCCCC2. The van der Waals surface area contributed by atoms with Gasteiger partial charge in [-0.25, -0.2) is 4.68 Å². The number of rotatable bonds is 5. The Morgan fingerprint density at radius 3 is 2.38 bits per heavy atom. The molecule has 1 aliphatic heterocycles. The summed E-state index contributed by atoms with van der Waals surface area (Å²) in [6.07, 6.45) is 3.06.